The summed E-state index contributed by atoms with van der Waals surface area (Å²) in [6, 6.07) is 2.33. The first-order valence-electron chi connectivity index (χ1n) is 7.76. The van der Waals surface area contributed by atoms with Crippen molar-refractivity contribution >= 4 is 23.3 Å². The van der Waals surface area contributed by atoms with E-state index in [1.165, 1.54) is 34.1 Å². The molecule has 2 rings (SSSR count). The van der Waals surface area contributed by atoms with E-state index >= 15 is 0 Å². The van der Waals surface area contributed by atoms with Crippen LogP contribution < -0.4 is 9.47 Å². The standard InChI is InChI=1S/C17H18N2O8/c1-7-13(16(20)21)15(14(17(22)23)8(2)18-7)9-5-11(26-3)12(27-4)6-10(9)19(24)25/h5-6,13,15H,1-4H3,(H,20,21)(H,22,23). The van der Waals surface area contributed by atoms with Gasteiger partial charge in [0, 0.05) is 22.9 Å². The number of carbonyl (C=O) groups is 2. The average molecular weight is 378 g/mol. The molecule has 10 nitrogen and oxygen atoms in total. The Morgan fingerprint density at radius 2 is 1.70 bits per heavy atom. The van der Waals surface area contributed by atoms with Gasteiger partial charge in [-0.1, -0.05) is 0 Å². The highest BCUT2D eigenvalue weighted by Gasteiger charge is 2.44. The number of ether oxygens (including phenoxy) is 2. The van der Waals surface area contributed by atoms with Gasteiger partial charge in [-0.3, -0.25) is 19.9 Å². The molecule has 1 aromatic rings. The third-order valence-electron chi connectivity index (χ3n) is 4.39. The number of rotatable bonds is 6. The summed E-state index contributed by atoms with van der Waals surface area (Å²) in [5.41, 5.74) is -0.643. The number of nitro groups is 1. The third kappa shape index (κ3) is 3.46. The van der Waals surface area contributed by atoms with Gasteiger partial charge >= 0.3 is 11.9 Å². The first-order chi connectivity index (χ1) is 12.6. The van der Waals surface area contributed by atoms with Crippen molar-refractivity contribution in [3.8, 4) is 11.5 Å². The Morgan fingerprint density at radius 1 is 1.15 bits per heavy atom. The monoisotopic (exact) mass is 378 g/mol. The van der Waals surface area contributed by atoms with Gasteiger partial charge in [-0.2, -0.15) is 0 Å². The van der Waals surface area contributed by atoms with E-state index in [1.54, 1.807) is 0 Å². The maximum atomic E-state index is 11.9. The number of nitro benzene ring substituents is 1. The maximum Gasteiger partial charge on any atom is 0.334 e. The van der Waals surface area contributed by atoms with Gasteiger partial charge < -0.3 is 19.7 Å². The lowest BCUT2D eigenvalue weighted by molar-refractivity contribution is -0.385. The van der Waals surface area contributed by atoms with Crippen LogP contribution in [0.5, 0.6) is 11.5 Å². The number of nitrogens with zero attached hydrogens (tertiary/aromatic N) is 2. The molecule has 0 amide bonds. The first kappa shape index (κ1) is 19.9. The Kier molecular flexibility index (Phi) is 5.48. The number of carboxylic acids is 2. The first-order valence-corrected chi connectivity index (χ1v) is 7.76. The molecule has 0 saturated carbocycles. The molecule has 27 heavy (non-hydrogen) atoms. The van der Waals surface area contributed by atoms with Crippen LogP contribution in [-0.2, 0) is 9.59 Å². The minimum atomic E-state index is -1.40. The number of aliphatic imine (C=N–C) groups is 1. The van der Waals surface area contributed by atoms with Crippen LogP contribution in [0.15, 0.2) is 28.4 Å². The van der Waals surface area contributed by atoms with Gasteiger partial charge in [0.25, 0.3) is 5.69 Å². The van der Waals surface area contributed by atoms with Crippen LogP contribution in [0.25, 0.3) is 0 Å². The van der Waals surface area contributed by atoms with E-state index < -0.39 is 34.4 Å². The fraction of sp³-hybridized carbons (Fsp3) is 0.353. The van der Waals surface area contributed by atoms with Gasteiger partial charge in [-0.15, -0.1) is 0 Å². The molecule has 1 aromatic carbocycles. The summed E-state index contributed by atoms with van der Waals surface area (Å²) >= 11 is 0. The van der Waals surface area contributed by atoms with Crippen molar-refractivity contribution in [3.05, 3.63) is 39.1 Å². The Labute approximate surface area is 153 Å². The fourth-order valence-electron chi connectivity index (χ4n) is 3.26. The van der Waals surface area contributed by atoms with Gasteiger partial charge in [-0.25, -0.2) is 4.79 Å². The van der Waals surface area contributed by atoms with Crippen LogP contribution in [-0.4, -0.2) is 47.0 Å². The lowest BCUT2D eigenvalue weighted by atomic mass is 9.75. The quantitative estimate of drug-likeness (QED) is 0.565. The Balaban J connectivity index is 2.89. The smallest absolute Gasteiger partial charge is 0.334 e. The number of benzene rings is 1. The van der Waals surface area contributed by atoms with Crippen molar-refractivity contribution in [1.82, 2.24) is 0 Å². The van der Waals surface area contributed by atoms with Crippen LogP contribution >= 0.6 is 0 Å². The minimum absolute atomic E-state index is 0.0681. The summed E-state index contributed by atoms with van der Waals surface area (Å²) in [6.07, 6.45) is 0. The molecular formula is C17H18N2O8. The highest BCUT2D eigenvalue weighted by atomic mass is 16.6. The van der Waals surface area contributed by atoms with Crippen LogP contribution in [0.3, 0.4) is 0 Å². The predicted octanol–water partition coefficient (Wildman–Crippen LogP) is 2.23. The van der Waals surface area contributed by atoms with E-state index in [1.807, 2.05) is 0 Å². The van der Waals surface area contributed by atoms with Gasteiger partial charge in [-0.05, 0) is 19.9 Å². The van der Waals surface area contributed by atoms with Crippen LogP contribution in [0.4, 0.5) is 5.69 Å². The van der Waals surface area contributed by atoms with E-state index in [0.717, 1.165) is 6.07 Å². The van der Waals surface area contributed by atoms with Crippen molar-refractivity contribution in [2.45, 2.75) is 19.8 Å². The zero-order valence-corrected chi connectivity index (χ0v) is 15.0. The molecule has 0 saturated heterocycles. The van der Waals surface area contributed by atoms with Crippen molar-refractivity contribution in [2.24, 2.45) is 10.9 Å². The number of allylic oxidation sites excluding steroid dienone is 1. The average Bonchev–Trinajstić information content (AvgIpc) is 2.58. The maximum absolute atomic E-state index is 11.9. The summed E-state index contributed by atoms with van der Waals surface area (Å²) in [7, 11) is 2.61. The number of hydrogen-bond acceptors (Lipinski definition) is 7. The molecule has 0 aliphatic carbocycles. The second kappa shape index (κ2) is 7.44. The lowest BCUT2D eigenvalue weighted by Gasteiger charge is -2.29. The molecule has 1 aliphatic heterocycles. The van der Waals surface area contributed by atoms with E-state index in [0.29, 0.717) is 0 Å². The molecule has 1 heterocycles. The van der Waals surface area contributed by atoms with Crippen molar-refractivity contribution in [1.29, 1.82) is 0 Å². The number of hydrogen-bond donors (Lipinski definition) is 2. The highest BCUT2D eigenvalue weighted by molar-refractivity contribution is 6.06. The topological polar surface area (TPSA) is 149 Å². The van der Waals surface area contributed by atoms with E-state index in [9.17, 15) is 29.9 Å². The second-order valence-electron chi connectivity index (χ2n) is 5.87. The molecule has 2 unspecified atom stereocenters. The minimum Gasteiger partial charge on any atom is -0.493 e. The molecule has 10 heteroatoms. The fourth-order valence-corrected chi connectivity index (χ4v) is 3.26. The van der Waals surface area contributed by atoms with Gasteiger partial charge in [0.1, 0.15) is 5.92 Å². The van der Waals surface area contributed by atoms with E-state index in [4.69, 9.17) is 9.47 Å². The van der Waals surface area contributed by atoms with Gasteiger partial charge in [0.2, 0.25) is 0 Å². The summed E-state index contributed by atoms with van der Waals surface area (Å²) in [6.45, 7) is 2.87. The zero-order chi connectivity index (χ0) is 20.5. The van der Waals surface area contributed by atoms with Gasteiger partial charge in [0.05, 0.1) is 30.8 Å². The molecule has 0 radical (unpaired) electrons. The summed E-state index contributed by atoms with van der Waals surface area (Å²) in [5, 5.41) is 30.9. The molecular weight excluding hydrogens is 360 g/mol. The molecule has 0 aromatic heterocycles. The largest absolute Gasteiger partial charge is 0.493 e. The third-order valence-corrected chi connectivity index (χ3v) is 4.39. The van der Waals surface area contributed by atoms with Crippen LogP contribution in [0, 0.1) is 16.0 Å². The summed E-state index contributed by atoms with van der Waals surface area (Å²) in [4.78, 5) is 38.6. The Hall–Kier alpha value is -3.43. The summed E-state index contributed by atoms with van der Waals surface area (Å²) < 4.78 is 10.2. The Morgan fingerprint density at radius 3 is 2.15 bits per heavy atom. The lowest BCUT2D eigenvalue weighted by Crippen LogP contribution is -2.35. The molecule has 0 spiro atoms. The molecule has 2 atom stereocenters. The van der Waals surface area contributed by atoms with Gasteiger partial charge in [0.15, 0.2) is 11.5 Å². The molecule has 0 fully saturated rings. The van der Waals surface area contributed by atoms with E-state index in [2.05, 4.69) is 4.99 Å². The van der Waals surface area contributed by atoms with Crippen molar-refractivity contribution < 1.29 is 34.2 Å². The molecule has 1 aliphatic rings. The zero-order valence-electron chi connectivity index (χ0n) is 15.0. The second-order valence-corrected chi connectivity index (χ2v) is 5.87. The van der Waals surface area contributed by atoms with E-state index in [-0.39, 0.29) is 34.0 Å². The van der Waals surface area contributed by atoms with Crippen molar-refractivity contribution in [2.75, 3.05) is 14.2 Å². The normalized spacial score (nSPS) is 19.3. The predicted molar refractivity (Wildman–Crippen MR) is 93.5 cm³/mol. The van der Waals surface area contributed by atoms with Crippen molar-refractivity contribution in [3.63, 3.8) is 0 Å². The molecule has 144 valence electrons. The van der Waals surface area contributed by atoms with Crippen LogP contribution in [0.2, 0.25) is 0 Å². The highest BCUT2D eigenvalue weighted by Crippen LogP contribution is 2.46. The van der Waals surface area contributed by atoms with Crippen LogP contribution in [0.1, 0.15) is 25.3 Å². The Bertz CT molecular complexity index is 887. The number of carboxylic acid groups (broad SMARTS) is 2. The number of aliphatic carboxylic acids is 2. The molecule has 2 N–H and O–H groups in total. The SMILES string of the molecule is COc1cc(C2C(C(=O)O)=C(C)N=C(C)C2C(=O)O)c([N+](=O)[O-])cc1OC. The molecule has 0 bridgehead atoms. The number of methoxy groups -OCH3 is 2. The summed E-state index contributed by atoms with van der Waals surface area (Å²) in [5.74, 6) is -5.25.